The Bertz CT molecular complexity index is 702. The lowest BCUT2D eigenvalue weighted by Gasteiger charge is -2.27. The maximum absolute atomic E-state index is 11.7. The van der Waals surface area contributed by atoms with E-state index in [2.05, 4.69) is 47.6 Å². The maximum atomic E-state index is 11.7. The van der Waals surface area contributed by atoms with Gasteiger partial charge in [0.05, 0.1) is 0 Å². The molecule has 0 saturated heterocycles. The van der Waals surface area contributed by atoms with Gasteiger partial charge in [0.2, 0.25) is 6.10 Å². The van der Waals surface area contributed by atoms with E-state index < -0.39 is 12.1 Å². The van der Waals surface area contributed by atoms with Gasteiger partial charge in [0, 0.05) is 5.56 Å². The molecule has 3 nitrogen and oxygen atoms in total. The summed E-state index contributed by atoms with van der Waals surface area (Å²) in [5, 5.41) is 9.62. The van der Waals surface area contributed by atoms with Crippen molar-refractivity contribution >= 4 is 5.97 Å². The number of carboxylic acid groups (broad SMARTS) is 1. The van der Waals surface area contributed by atoms with Gasteiger partial charge in [0.15, 0.2) is 0 Å². The lowest BCUT2D eigenvalue weighted by Crippen LogP contribution is -2.20. The van der Waals surface area contributed by atoms with Gasteiger partial charge in [-0.05, 0) is 34.1 Å². The van der Waals surface area contributed by atoms with Gasteiger partial charge in [-0.3, -0.25) is 0 Å². The molecule has 3 heteroatoms. The summed E-state index contributed by atoms with van der Waals surface area (Å²) in [6.07, 6.45) is -1.02. The number of hydrogen-bond donors (Lipinski definition) is 1. The van der Waals surface area contributed by atoms with E-state index in [1.165, 1.54) is 0 Å². The van der Waals surface area contributed by atoms with E-state index in [4.69, 9.17) is 4.74 Å². The molecular formula is C22H28O3. The van der Waals surface area contributed by atoms with Crippen molar-refractivity contribution in [3.63, 3.8) is 0 Å². The first-order valence-electron chi connectivity index (χ1n) is 8.59. The lowest BCUT2D eigenvalue weighted by atomic mass is 9.80. The van der Waals surface area contributed by atoms with Crippen LogP contribution >= 0.6 is 0 Å². The molecule has 0 fully saturated rings. The van der Waals surface area contributed by atoms with Crippen molar-refractivity contribution in [2.45, 2.75) is 58.5 Å². The van der Waals surface area contributed by atoms with Gasteiger partial charge >= 0.3 is 5.97 Å². The molecule has 0 radical (unpaired) electrons. The molecular weight excluding hydrogens is 312 g/mol. The van der Waals surface area contributed by atoms with E-state index >= 15 is 0 Å². The molecule has 0 aliphatic carbocycles. The molecule has 0 spiro atoms. The van der Waals surface area contributed by atoms with Crippen LogP contribution in [0.15, 0.2) is 48.5 Å². The van der Waals surface area contributed by atoms with Crippen molar-refractivity contribution in [2.75, 3.05) is 0 Å². The van der Waals surface area contributed by atoms with Crippen LogP contribution in [0.2, 0.25) is 0 Å². The molecule has 1 unspecified atom stereocenters. The highest BCUT2D eigenvalue weighted by Crippen LogP contribution is 2.34. The lowest BCUT2D eigenvalue weighted by molar-refractivity contribution is -0.145. The topological polar surface area (TPSA) is 46.5 Å². The third-order valence-corrected chi connectivity index (χ3v) is 4.22. The molecule has 1 atom stereocenters. The molecule has 0 amide bonds. The standard InChI is InChI=1S/C22H28O3/c1-21(2,3)16-12-17(22(4,5)6)14-18(13-16)25-19(20(23)24)15-10-8-7-9-11-15/h7-14,19H,1-6H3,(H,23,24). The quantitative estimate of drug-likeness (QED) is 0.801. The van der Waals surface area contributed by atoms with Gasteiger partial charge in [0.1, 0.15) is 5.75 Å². The summed E-state index contributed by atoms with van der Waals surface area (Å²) in [6, 6.07) is 15.1. The van der Waals surface area contributed by atoms with E-state index in [1.807, 2.05) is 30.3 Å². The molecule has 0 saturated carbocycles. The van der Waals surface area contributed by atoms with Crippen LogP contribution in [0.3, 0.4) is 0 Å². The Morgan fingerprint density at radius 2 is 1.36 bits per heavy atom. The van der Waals surface area contributed by atoms with E-state index in [0.29, 0.717) is 11.3 Å². The number of benzene rings is 2. The Morgan fingerprint density at radius 1 is 0.880 bits per heavy atom. The summed E-state index contributed by atoms with van der Waals surface area (Å²) in [6.45, 7) is 12.9. The fourth-order valence-corrected chi connectivity index (χ4v) is 2.56. The van der Waals surface area contributed by atoms with Crippen LogP contribution in [0.5, 0.6) is 5.75 Å². The molecule has 2 aromatic rings. The molecule has 0 aliphatic rings. The fraction of sp³-hybridized carbons (Fsp3) is 0.409. The summed E-state index contributed by atoms with van der Waals surface area (Å²) in [5.41, 5.74) is 2.79. The number of aliphatic carboxylic acids is 1. The average molecular weight is 340 g/mol. The Balaban J connectivity index is 2.48. The third-order valence-electron chi connectivity index (χ3n) is 4.22. The van der Waals surface area contributed by atoms with Crippen LogP contribution in [-0.4, -0.2) is 11.1 Å². The first-order valence-corrected chi connectivity index (χ1v) is 8.59. The summed E-state index contributed by atoms with van der Waals surface area (Å²) in [5.74, 6) is -0.404. The number of rotatable bonds is 4. The van der Waals surface area contributed by atoms with Crippen molar-refractivity contribution in [2.24, 2.45) is 0 Å². The molecule has 0 bridgehead atoms. The monoisotopic (exact) mass is 340 g/mol. The van der Waals surface area contributed by atoms with Crippen molar-refractivity contribution < 1.29 is 14.6 Å². The van der Waals surface area contributed by atoms with Crippen LogP contribution < -0.4 is 4.74 Å². The van der Waals surface area contributed by atoms with Crippen LogP contribution in [0.1, 0.15) is 64.3 Å². The van der Waals surface area contributed by atoms with E-state index in [-0.39, 0.29) is 10.8 Å². The van der Waals surface area contributed by atoms with Crippen LogP contribution in [0, 0.1) is 0 Å². The molecule has 0 heterocycles. The van der Waals surface area contributed by atoms with Gasteiger partial charge in [-0.15, -0.1) is 0 Å². The highest BCUT2D eigenvalue weighted by molar-refractivity contribution is 5.74. The van der Waals surface area contributed by atoms with E-state index in [1.54, 1.807) is 12.1 Å². The number of ether oxygens (including phenoxy) is 1. The summed E-state index contributed by atoms with van der Waals surface area (Å²) in [4.78, 5) is 11.7. The zero-order valence-corrected chi connectivity index (χ0v) is 16.0. The Morgan fingerprint density at radius 3 is 1.76 bits per heavy atom. The minimum atomic E-state index is -1.02. The summed E-state index contributed by atoms with van der Waals surface area (Å²) >= 11 is 0. The highest BCUT2D eigenvalue weighted by Gasteiger charge is 2.25. The van der Waals surface area contributed by atoms with Gasteiger partial charge in [-0.1, -0.05) is 77.9 Å². The minimum absolute atomic E-state index is 0.0508. The maximum Gasteiger partial charge on any atom is 0.349 e. The van der Waals surface area contributed by atoms with Crippen molar-refractivity contribution in [1.82, 2.24) is 0 Å². The summed E-state index contributed by atoms with van der Waals surface area (Å²) < 4.78 is 5.93. The third kappa shape index (κ3) is 4.85. The SMILES string of the molecule is CC(C)(C)c1cc(OC(C(=O)O)c2ccccc2)cc(C(C)(C)C)c1. The second-order valence-corrected chi connectivity index (χ2v) is 8.49. The predicted octanol–water partition coefficient (Wildman–Crippen LogP) is 5.49. The second kappa shape index (κ2) is 6.91. The zero-order chi connectivity index (χ0) is 18.8. The first-order chi connectivity index (χ1) is 11.5. The minimum Gasteiger partial charge on any atom is -0.478 e. The molecule has 134 valence electrons. The van der Waals surface area contributed by atoms with Gasteiger partial charge in [-0.25, -0.2) is 4.79 Å². The van der Waals surface area contributed by atoms with Gasteiger partial charge in [-0.2, -0.15) is 0 Å². The Hall–Kier alpha value is -2.29. The second-order valence-electron chi connectivity index (χ2n) is 8.49. The van der Waals surface area contributed by atoms with Crippen molar-refractivity contribution in [3.05, 3.63) is 65.2 Å². The van der Waals surface area contributed by atoms with Crippen LogP contribution in [0.4, 0.5) is 0 Å². The van der Waals surface area contributed by atoms with Crippen LogP contribution in [-0.2, 0) is 15.6 Å². The smallest absolute Gasteiger partial charge is 0.349 e. The van der Waals surface area contributed by atoms with Crippen LogP contribution in [0.25, 0.3) is 0 Å². The molecule has 2 aromatic carbocycles. The number of carboxylic acids is 1. The number of hydrogen-bond acceptors (Lipinski definition) is 2. The summed E-state index contributed by atoms with van der Waals surface area (Å²) in [7, 11) is 0. The molecule has 0 aromatic heterocycles. The largest absolute Gasteiger partial charge is 0.478 e. The average Bonchev–Trinajstić information content (AvgIpc) is 2.51. The Kier molecular flexibility index (Phi) is 5.26. The molecule has 0 aliphatic heterocycles. The highest BCUT2D eigenvalue weighted by atomic mass is 16.5. The predicted molar refractivity (Wildman–Crippen MR) is 101 cm³/mol. The molecule has 25 heavy (non-hydrogen) atoms. The zero-order valence-electron chi connectivity index (χ0n) is 16.0. The fourth-order valence-electron chi connectivity index (χ4n) is 2.56. The molecule has 1 N–H and O–H groups in total. The van der Waals surface area contributed by atoms with Gasteiger partial charge < -0.3 is 9.84 Å². The Labute approximate surface area is 150 Å². The normalized spacial score (nSPS) is 13.4. The van der Waals surface area contributed by atoms with E-state index in [0.717, 1.165) is 11.1 Å². The van der Waals surface area contributed by atoms with Crippen molar-refractivity contribution in [3.8, 4) is 5.75 Å². The molecule has 2 rings (SSSR count). The van der Waals surface area contributed by atoms with Gasteiger partial charge in [0.25, 0.3) is 0 Å². The van der Waals surface area contributed by atoms with Crippen molar-refractivity contribution in [1.29, 1.82) is 0 Å². The van der Waals surface area contributed by atoms with E-state index in [9.17, 15) is 9.90 Å². The number of carbonyl (C=O) groups is 1. The first kappa shape index (κ1) is 19.0.